The van der Waals surface area contributed by atoms with E-state index in [0.717, 1.165) is 23.5 Å². The van der Waals surface area contributed by atoms with Gasteiger partial charge in [-0.05, 0) is 41.8 Å². The summed E-state index contributed by atoms with van der Waals surface area (Å²) >= 11 is 7.60. The van der Waals surface area contributed by atoms with Crippen LogP contribution >= 0.6 is 23.4 Å². The number of aromatic nitrogens is 1. The van der Waals surface area contributed by atoms with E-state index in [0.29, 0.717) is 17.3 Å². The highest BCUT2D eigenvalue weighted by molar-refractivity contribution is 7.98. The fourth-order valence-electron chi connectivity index (χ4n) is 1.95. The van der Waals surface area contributed by atoms with E-state index in [1.807, 2.05) is 36.4 Å². The van der Waals surface area contributed by atoms with Crippen molar-refractivity contribution in [1.82, 2.24) is 10.3 Å². The summed E-state index contributed by atoms with van der Waals surface area (Å²) in [6.07, 6.45) is 2.69. The maximum Gasteiger partial charge on any atom is 0.251 e. The van der Waals surface area contributed by atoms with Gasteiger partial charge >= 0.3 is 0 Å². The lowest BCUT2D eigenvalue weighted by Crippen LogP contribution is -2.25. The van der Waals surface area contributed by atoms with Crippen LogP contribution in [0.4, 0.5) is 0 Å². The predicted octanol–water partition coefficient (Wildman–Crippen LogP) is 3.96. The number of hydrogen-bond acceptors (Lipinski definition) is 3. The number of pyridine rings is 1. The van der Waals surface area contributed by atoms with E-state index >= 15 is 0 Å². The molecule has 0 aliphatic rings. The summed E-state index contributed by atoms with van der Waals surface area (Å²) in [4.78, 5) is 15.9. The van der Waals surface area contributed by atoms with E-state index in [2.05, 4.69) is 17.2 Å². The van der Waals surface area contributed by atoms with Crippen molar-refractivity contribution in [1.29, 1.82) is 0 Å². The van der Waals surface area contributed by atoms with Gasteiger partial charge in [-0.1, -0.05) is 30.7 Å². The summed E-state index contributed by atoms with van der Waals surface area (Å²) in [7, 11) is 0. The van der Waals surface area contributed by atoms with Crippen LogP contribution < -0.4 is 5.32 Å². The Morgan fingerprint density at radius 1 is 1.23 bits per heavy atom. The lowest BCUT2D eigenvalue weighted by Gasteiger charge is -2.06. The molecule has 2 aromatic rings. The number of rotatable bonds is 7. The van der Waals surface area contributed by atoms with Gasteiger partial charge < -0.3 is 5.32 Å². The van der Waals surface area contributed by atoms with E-state index in [9.17, 15) is 4.79 Å². The monoisotopic (exact) mass is 334 g/mol. The molecule has 0 spiro atoms. The lowest BCUT2D eigenvalue weighted by molar-refractivity contribution is 0.0956. The molecule has 1 aromatic heterocycles. The molecular weight excluding hydrogens is 316 g/mol. The van der Waals surface area contributed by atoms with Crippen molar-refractivity contribution in [2.75, 3.05) is 12.3 Å². The standard InChI is InChI=1S/C17H19ClN2OS/c1-2-13-3-5-15(6-4-13)17(21)20-9-10-22-12-14-7-8-19-16(18)11-14/h3-8,11H,2,9-10,12H2,1H3,(H,20,21). The van der Waals surface area contributed by atoms with E-state index in [-0.39, 0.29) is 5.91 Å². The minimum atomic E-state index is -0.0183. The molecule has 0 aliphatic heterocycles. The molecule has 0 saturated heterocycles. The second-order valence-electron chi connectivity index (χ2n) is 4.85. The molecule has 0 fully saturated rings. The van der Waals surface area contributed by atoms with Crippen LogP contribution in [0.3, 0.4) is 0 Å². The third-order valence-electron chi connectivity index (χ3n) is 3.22. The normalized spacial score (nSPS) is 10.5. The topological polar surface area (TPSA) is 42.0 Å². The Morgan fingerprint density at radius 3 is 2.68 bits per heavy atom. The quantitative estimate of drug-likeness (QED) is 0.615. The van der Waals surface area contributed by atoms with Crippen LogP contribution in [-0.4, -0.2) is 23.2 Å². The van der Waals surface area contributed by atoms with Crippen molar-refractivity contribution < 1.29 is 4.79 Å². The predicted molar refractivity (Wildman–Crippen MR) is 93.6 cm³/mol. The number of benzene rings is 1. The highest BCUT2D eigenvalue weighted by Crippen LogP contribution is 2.14. The molecule has 0 aliphatic carbocycles. The molecule has 0 saturated carbocycles. The maximum atomic E-state index is 12.0. The van der Waals surface area contributed by atoms with Gasteiger partial charge in [0.05, 0.1) is 0 Å². The number of nitrogens with zero attached hydrogens (tertiary/aromatic N) is 1. The van der Waals surface area contributed by atoms with Gasteiger partial charge in [-0.2, -0.15) is 11.8 Å². The number of aryl methyl sites for hydroxylation is 1. The first-order valence-corrected chi connectivity index (χ1v) is 8.77. The molecule has 5 heteroatoms. The van der Waals surface area contributed by atoms with Crippen molar-refractivity contribution in [3.05, 3.63) is 64.4 Å². The van der Waals surface area contributed by atoms with Crippen LogP contribution in [0.1, 0.15) is 28.4 Å². The second kappa shape index (κ2) is 8.81. The number of thioether (sulfide) groups is 1. The third kappa shape index (κ3) is 5.35. The fraction of sp³-hybridized carbons (Fsp3) is 0.294. The van der Waals surface area contributed by atoms with Gasteiger partial charge in [0, 0.05) is 29.8 Å². The van der Waals surface area contributed by atoms with Gasteiger partial charge in [-0.25, -0.2) is 4.98 Å². The molecule has 0 atom stereocenters. The summed E-state index contributed by atoms with van der Waals surface area (Å²) in [5.74, 6) is 1.71. The van der Waals surface area contributed by atoms with Crippen LogP contribution in [0, 0.1) is 0 Å². The van der Waals surface area contributed by atoms with Crippen molar-refractivity contribution in [3.63, 3.8) is 0 Å². The third-order valence-corrected chi connectivity index (χ3v) is 4.45. The summed E-state index contributed by atoms with van der Waals surface area (Å²) in [5, 5.41) is 3.45. The largest absolute Gasteiger partial charge is 0.351 e. The van der Waals surface area contributed by atoms with Crippen molar-refractivity contribution >= 4 is 29.3 Å². The number of nitrogens with one attached hydrogen (secondary N) is 1. The Labute approximate surface area is 140 Å². The first kappa shape index (κ1) is 16.8. The van der Waals surface area contributed by atoms with E-state index in [4.69, 9.17) is 11.6 Å². The minimum absolute atomic E-state index is 0.0183. The SMILES string of the molecule is CCc1ccc(C(=O)NCCSCc2ccnc(Cl)c2)cc1. The van der Waals surface area contributed by atoms with Crippen LogP contribution in [0.2, 0.25) is 5.15 Å². The van der Waals surface area contributed by atoms with Crippen LogP contribution in [0.25, 0.3) is 0 Å². The Bertz CT molecular complexity index is 616. The van der Waals surface area contributed by atoms with Crippen molar-refractivity contribution in [2.24, 2.45) is 0 Å². The van der Waals surface area contributed by atoms with Gasteiger partial charge in [0.25, 0.3) is 5.91 Å². The van der Waals surface area contributed by atoms with Crippen molar-refractivity contribution in [2.45, 2.75) is 19.1 Å². The average Bonchev–Trinajstić information content (AvgIpc) is 2.54. The number of carbonyl (C=O) groups is 1. The molecule has 1 N–H and O–H groups in total. The Hall–Kier alpha value is -1.52. The Morgan fingerprint density at radius 2 is 2.00 bits per heavy atom. The van der Waals surface area contributed by atoms with Crippen LogP contribution in [-0.2, 0) is 12.2 Å². The summed E-state index contributed by atoms with van der Waals surface area (Å²) in [6, 6.07) is 11.6. The Balaban J connectivity index is 1.68. The molecule has 0 unspecified atom stereocenters. The first-order chi connectivity index (χ1) is 10.7. The molecule has 1 amide bonds. The van der Waals surface area contributed by atoms with Gasteiger partial charge in [-0.3, -0.25) is 4.79 Å². The van der Waals surface area contributed by atoms with Crippen LogP contribution in [0.5, 0.6) is 0 Å². The van der Waals surface area contributed by atoms with Gasteiger partial charge in [0.1, 0.15) is 5.15 Å². The molecule has 3 nitrogen and oxygen atoms in total. The summed E-state index contributed by atoms with van der Waals surface area (Å²) in [5.41, 5.74) is 3.10. The van der Waals surface area contributed by atoms with E-state index in [1.165, 1.54) is 5.56 Å². The lowest BCUT2D eigenvalue weighted by atomic mass is 10.1. The molecule has 2 rings (SSSR count). The molecule has 1 heterocycles. The highest BCUT2D eigenvalue weighted by Gasteiger charge is 2.04. The summed E-state index contributed by atoms with van der Waals surface area (Å²) < 4.78 is 0. The fourth-order valence-corrected chi connectivity index (χ4v) is 2.96. The molecule has 22 heavy (non-hydrogen) atoms. The highest BCUT2D eigenvalue weighted by atomic mass is 35.5. The van der Waals surface area contributed by atoms with E-state index in [1.54, 1.807) is 18.0 Å². The second-order valence-corrected chi connectivity index (χ2v) is 6.34. The number of hydrogen-bond donors (Lipinski definition) is 1. The van der Waals surface area contributed by atoms with Crippen molar-refractivity contribution in [3.8, 4) is 0 Å². The Kier molecular flexibility index (Phi) is 6.74. The van der Waals surface area contributed by atoms with Gasteiger partial charge in [0.15, 0.2) is 0 Å². The molecule has 0 radical (unpaired) electrons. The smallest absolute Gasteiger partial charge is 0.251 e. The first-order valence-electron chi connectivity index (χ1n) is 7.24. The molecular formula is C17H19ClN2OS. The maximum absolute atomic E-state index is 12.0. The average molecular weight is 335 g/mol. The van der Waals surface area contributed by atoms with Gasteiger partial charge in [0.2, 0.25) is 0 Å². The molecule has 0 bridgehead atoms. The minimum Gasteiger partial charge on any atom is -0.351 e. The van der Waals surface area contributed by atoms with E-state index < -0.39 is 0 Å². The zero-order chi connectivity index (χ0) is 15.8. The number of amides is 1. The summed E-state index contributed by atoms with van der Waals surface area (Å²) in [6.45, 7) is 2.75. The molecule has 1 aromatic carbocycles. The van der Waals surface area contributed by atoms with Gasteiger partial charge in [-0.15, -0.1) is 0 Å². The zero-order valence-corrected chi connectivity index (χ0v) is 14.1. The number of halogens is 1. The number of carbonyl (C=O) groups excluding carboxylic acids is 1. The molecule has 116 valence electrons. The van der Waals surface area contributed by atoms with Crippen LogP contribution in [0.15, 0.2) is 42.6 Å². The zero-order valence-electron chi connectivity index (χ0n) is 12.5.